The Labute approximate surface area is 181 Å². The largest absolute Gasteiger partial charge is 0.478 e. The van der Waals surface area contributed by atoms with E-state index >= 15 is 0 Å². The van der Waals surface area contributed by atoms with E-state index in [4.69, 9.17) is 0 Å². The number of pyridine rings is 1. The zero-order valence-corrected chi connectivity index (χ0v) is 18.1. The number of hydrogen-bond acceptors (Lipinski definition) is 6. The van der Waals surface area contributed by atoms with Gasteiger partial charge in [0.15, 0.2) is 5.82 Å². The third-order valence-electron chi connectivity index (χ3n) is 4.60. The van der Waals surface area contributed by atoms with Crippen LogP contribution in [-0.2, 0) is 4.79 Å². The summed E-state index contributed by atoms with van der Waals surface area (Å²) in [5.41, 5.74) is 2.36. The minimum Gasteiger partial charge on any atom is -0.478 e. The number of anilines is 2. The van der Waals surface area contributed by atoms with Gasteiger partial charge in [-0.1, -0.05) is 37.0 Å². The van der Waals surface area contributed by atoms with Crippen molar-refractivity contribution in [2.24, 2.45) is 0 Å². The summed E-state index contributed by atoms with van der Waals surface area (Å²) in [4.78, 5) is 25.1. The summed E-state index contributed by atoms with van der Waals surface area (Å²) >= 11 is 0. The molecular formula is C24H27N5O2. The van der Waals surface area contributed by atoms with Crippen LogP contribution in [0.2, 0.25) is 0 Å². The van der Waals surface area contributed by atoms with Crippen molar-refractivity contribution in [1.82, 2.24) is 15.0 Å². The molecule has 7 heteroatoms. The van der Waals surface area contributed by atoms with Crippen molar-refractivity contribution in [2.75, 3.05) is 10.6 Å². The Hall–Kier alpha value is -3.74. The van der Waals surface area contributed by atoms with E-state index in [2.05, 4.69) is 38.7 Å². The van der Waals surface area contributed by atoms with Crippen molar-refractivity contribution in [1.29, 1.82) is 0 Å². The van der Waals surface area contributed by atoms with Crippen LogP contribution in [0.4, 0.5) is 11.8 Å². The molecule has 31 heavy (non-hydrogen) atoms. The molecule has 2 aromatic rings. The number of allylic oxidation sites excluding steroid dienone is 4. The highest BCUT2D eigenvalue weighted by Gasteiger charge is 2.22. The Morgan fingerprint density at radius 1 is 1.26 bits per heavy atom. The van der Waals surface area contributed by atoms with Crippen molar-refractivity contribution in [2.45, 2.75) is 39.7 Å². The van der Waals surface area contributed by atoms with Gasteiger partial charge < -0.3 is 15.7 Å². The van der Waals surface area contributed by atoms with Crippen LogP contribution in [0, 0.1) is 0 Å². The highest BCUT2D eigenvalue weighted by molar-refractivity contribution is 5.96. The molecule has 1 aliphatic rings. The predicted octanol–water partition coefficient (Wildman–Crippen LogP) is 3.27. The maximum Gasteiger partial charge on any atom is 0.335 e. The molecule has 1 fully saturated rings. The van der Waals surface area contributed by atoms with Crippen LogP contribution in [0.15, 0.2) is 54.4 Å². The number of carboxylic acids is 1. The highest BCUT2D eigenvalue weighted by atomic mass is 16.4. The van der Waals surface area contributed by atoms with Gasteiger partial charge in [-0.25, -0.2) is 19.7 Å². The number of fused-ring (bicyclic) bond motifs is 1. The second kappa shape index (κ2) is 9.38. The standard InChI is InChI=1S/C24H27N5O2/c1-6-18-19-13-25-24(27-17-10-11-17)29-21(19)22(26-16(5)9-7-8-14(2)3)28-20(18)12-15(4)23(30)31/h6-9,12-13,17H,4-5,10-11H2,1-3H3,(H,26,28)(H,30,31)(H,25,27,29)/b9-7-,18-6-,20-12+. The number of nitrogens with one attached hydrogen (secondary N) is 2. The zero-order valence-electron chi connectivity index (χ0n) is 18.1. The summed E-state index contributed by atoms with van der Waals surface area (Å²) in [6.07, 6.45) is 13.0. The minimum absolute atomic E-state index is 0.0591. The van der Waals surface area contributed by atoms with Gasteiger partial charge >= 0.3 is 5.97 Å². The molecule has 3 N–H and O–H groups in total. The molecule has 2 heterocycles. The van der Waals surface area contributed by atoms with E-state index in [0.29, 0.717) is 34.4 Å². The lowest BCUT2D eigenvalue weighted by atomic mass is 10.1. The second-order valence-corrected chi connectivity index (χ2v) is 7.65. The normalized spacial score (nSPS) is 14.7. The van der Waals surface area contributed by atoms with Crippen molar-refractivity contribution >= 4 is 40.8 Å². The molecule has 3 rings (SSSR count). The van der Waals surface area contributed by atoms with Crippen molar-refractivity contribution in [3.05, 3.63) is 65.0 Å². The highest BCUT2D eigenvalue weighted by Crippen LogP contribution is 2.24. The Morgan fingerprint density at radius 2 is 2.00 bits per heavy atom. The summed E-state index contributed by atoms with van der Waals surface area (Å²) in [7, 11) is 0. The Kier molecular flexibility index (Phi) is 6.65. The molecule has 2 aromatic heterocycles. The third-order valence-corrected chi connectivity index (χ3v) is 4.60. The first kappa shape index (κ1) is 22.0. The fraction of sp³-hybridized carbons (Fsp3) is 0.250. The van der Waals surface area contributed by atoms with Gasteiger partial charge in [0.05, 0.1) is 10.9 Å². The van der Waals surface area contributed by atoms with E-state index in [9.17, 15) is 9.90 Å². The first-order chi connectivity index (χ1) is 14.8. The van der Waals surface area contributed by atoms with E-state index < -0.39 is 5.97 Å². The topological polar surface area (TPSA) is 100 Å². The van der Waals surface area contributed by atoms with Crippen LogP contribution in [0.1, 0.15) is 33.6 Å². The molecule has 7 nitrogen and oxygen atoms in total. The van der Waals surface area contributed by atoms with E-state index in [1.807, 2.05) is 45.1 Å². The monoisotopic (exact) mass is 417 g/mol. The Bertz CT molecular complexity index is 1230. The maximum absolute atomic E-state index is 11.3. The van der Waals surface area contributed by atoms with Gasteiger partial charge in [0.25, 0.3) is 0 Å². The number of aliphatic carboxylic acids is 1. The van der Waals surface area contributed by atoms with Crippen molar-refractivity contribution < 1.29 is 9.90 Å². The fourth-order valence-corrected chi connectivity index (χ4v) is 2.89. The lowest BCUT2D eigenvalue weighted by molar-refractivity contribution is -0.132. The van der Waals surface area contributed by atoms with Gasteiger partial charge in [0.2, 0.25) is 5.95 Å². The van der Waals surface area contributed by atoms with Gasteiger partial charge in [-0.15, -0.1) is 0 Å². The molecule has 0 saturated heterocycles. The molecule has 0 aromatic carbocycles. The first-order valence-corrected chi connectivity index (χ1v) is 10.1. The molecule has 0 atom stereocenters. The van der Waals surface area contributed by atoms with E-state index in [0.717, 1.165) is 23.4 Å². The van der Waals surface area contributed by atoms with E-state index in [1.54, 1.807) is 6.20 Å². The van der Waals surface area contributed by atoms with Crippen LogP contribution in [0.25, 0.3) is 23.1 Å². The van der Waals surface area contributed by atoms with Crippen LogP contribution >= 0.6 is 0 Å². The first-order valence-electron chi connectivity index (χ1n) is 10.1. The van der Waals surface area contributed by atoms with E-state index in [-0.39, 0.29) is 5.57 Å². The Balaban J connectivity index is 2.16. The van der Waals surface area contributed by atoms with Crippen LogP contribution in [-0.4, -0.2) is 32.1 Å². The molecule has 0 bridgehead atoms. The van der Waals surface area contributed by atoms with Gasteiger partial charge in [-0.05, 0) is 45.8 Å². The fourth-order valence-electron chi connectivity index (χ4n) is 2.89. The number of carboxylic acid groups (broad SMARTS) is 1. The van der Waals surface area contributed by atoms with Gasteiger partial charge in [-0.2, -0.15) is 0 Å². The SMILES string of the molecule is C=C(/C=C\C=C(C)C)Nc1nc(=C/C(=C)C(=O)O)/c(=C\C)c2cnc(NC3CC3)nc12. The van der Waals surface area contributed by atoms with Crippen LogP contribution < -0.4 is 21.2 Å². The average Bonchev–Trinajstić information content (AvgIpc) is 3.52. The van der Waals surface area contributed by atoms with Crippen LogP contribution in [0.5, 0.6) is 0 Å². The number of carbonyl (C=O) groups is 1. The summed E-state index contributed by atoms with van der Waals surface area (Å²) in [6.45, 7) is 13.5. The van der Waals surface area contributed by atoms with Crippen LogP contribution in [0.3, 0.4) is 0 Å². The summed E-state index contributed by atoms with van der Waals surface area (Å²) in [5, 5.41) is 17.7. The minimum atomic E-state index is -1.10. The maximum atomic E-state index is 11.3. The number of hydrogen-bond donors (Lipinski definition) is 3. The molecule has 0 amide bonds. The zero-order chi connectivity index (χ0) is 22.5. The van der Waals surface area contributed by atoms with Crippen molar-refractivity contribution in [3.63, 3.8) is 0 Å². The molecule has 1 aliphatic carbocycles. The van der Waals surface area contributed by atoms with Gasteiger partial charge in [0.1, 0.15) is 5.52 Å². The molecule has 0 radical (unpaired) electrons. The number of rotatable bonds is 8. The van der Waals surface area contributed by atoms with E-state index in [1.165, 1.54) is 11.6 Å². The summed E-state index contributed by atoms with van der Waals surface area (Å²) < 4.78 is 0. The lowest BCUT2D eigenvalue weighted by Crippen LogP contribution is -2.31. The molecule has 0 spiro atoms. The number of nitrogens with zero attached hydrogens (tertiary/aromatic N) is 3. The third kappa shape index (κ3) is 5.66. The summed E-state index contributed by atoms with van der Waals surface area (Å²) in [5.74, 6) is -0.0924. The Morgan fingerprint density at radius 3 is 2.61 bits per heavy atom. The average molecular weight is 418 g/mol. The van der Waals surface area contributed by atoms with Gasteiger partial charge in [-0.3, -0.25) is 0 Å². The molecular weight excluding hydrogens is 390 g/mol. The quantitative estimate of drug-likeness (QED) is 0.448. The molecule has 160 valence electrons. The molecule has 0 unspecified atom stereocenters. The second-order valence-electron chi connectivity index (χ2n) is 7.65. The molecule has 1 saturated carbocycles. The molecule has 0 aliphatic heterocycles. The number of aromatic nitrogens is 3. The lowest BCUT2D eigenvalue weighted by Gasteiger charge is -2.11. The van der Waals surface area contributed by atoms with Crippen molar-refractivity contribution in [3.8, 4) is 0 Å². The summed E-state index contributed by atoms with van der Waals surface area (Å²) in [6, 6.07) is 0.410. The van der Waals surface area contributed by atoms with Gasteiger partial charge in [0, 0.05) is 28.5 Å². The predicted molar refractivity (Wildman–Crippen MR) is 126 cm³/mol. The smallest absolute Gasteiger partial charge is 0.335 e.